The fourth-order valence-electron chi connectivity index (χ4n) is 2.27. The van der Waals surface area contributed by atoms with E-state index in [2.05, 4.69) is 5.32 Å². The van der Waals surface area contributed by atoms with E-state index in [1.807, 2.05) is 0 Å². The molecule has 0 fully saturated rings. The molecule has 0 heterocycles. The summed E-state index contributed by atoms with van der Waals surface area (Å²) in [5, 5.41) is 13.4. The Morgan fingerprint density at radius 3 is 1.76 bits per heavy atom. The summed E-state index contributed by atoms with van der Waals surface area (Å²) >= 11 is 0. The Morgan fingerprint density at radius 2 is 1.31 bits per heavy atom. The zero-order valence-electron chi connectivity index (χ0n) is 17.0. The van der Waals surface area contributed by atoms with Crippen LogP contribution in [0.25, 0.3) is 10.8 Å². The van der Waals surface area contributed by atoms with Crippen LogP contribution in [-0.4, -0.2) is 29.1 Å². The molecule has 0 aliphatic heterocycles. The first-order valence-corrected chi connectivity index (χ1v) is 9.09. The van der Waals surface area contributed by atoms with Gasteiger partial charge in [-0.25, -0.2) is 0 Å². The van der Waals surface area contributed by atoms with Gasteiger partial charge in [-0.2, -0.15) is 0 Å². The number of nitrogens with one attached hydrogen (secondary N) is 1. The molecular formula is C21H26ClNO6. The summed E-state index contributed by atoms with van der Waals surface area (Å²) in [5.41, 5.74) is 0.607. The van der Waals surface area contributed by atoms with E-state index in [1.165, 1.54) is 6.92 Å². The van der Waals surface area contributed by atoms with E-state index in [0.29, 0.717) is 11.1 Å². The number of hydrogen-bond acceptors (Lipinski definition) is 6. The number of carbonyl (C=O) groups excluding carboxylic acids is 2. The maximum Gasteiger partial charge on any atom is 0.325 e. The average molecular weight is 424 g/mol. The Morgan fingerprint density at radius 1 is 0.828 bits per heavy atom. The number of hydrogen-bond donors (Lipinski definition) is 2. The van der Waals surface area contributed by atoms with Gasteiger partial charge in [0, 0.05) is 5.69 Å². The molecule has 158 valence electrons. The fourth-order valence-corrected chi connectivity index (χ4v) is 2.27. The Balaban J connectivity index is 0.00000420. The van der Waals surface area contributed by atoms with Gasteiger partial charge in [-0.1, -0.05) is 33.8 Å². The number of benzene rings is 2. The zero-order chi connectivity index (χ0) is 21.0. The summed E-state index contributed by atoms with van der Waals surface area (Å²) < 4.78 is 10.8. The molecule has 8 heteroatoms. The molecule has 0 saturated heterocycles. The van der Waals surface area contributed by atoms with Crippen molar-refractivity contribution in [3.63, 3.8) is 0 Å². The second kappa shape index (κ2) is 10.1. The summed E-state index contributed by atoms with van der Waals surface area (Å²) in [6.45, 7) is 8.38. The molecule has 0 aliphatic rings. The van der Waals surface area contributed by atoms with Crippen LogP contribution in [0.1, 0.15) is 34.6 Å². The van der Waals surface area contributed by atoms with Gasteiger partial charge in [0.25, 0.3) is 0 Å². The molecule has 0 bridgehead atoms. The third-order valence-electron chi connectivity index (χ3n) is 4.02. The molecule has 0 aromatic heterocycles. The number of carboxylic acids is 1. The molecule has 0 unspecified atom stereocenters. The van der Waals surface area contributed by atoms with Gasteiger partial charge in [0.05, 0.1) is 11.8 Å². The van der Waals surface area contributed by atoms with Gasteiger partial charge in [-0.3, -0.25) is 14.4 Å². The minimum atomic E-state index is -0.970. The largest absolute Gasteiger partial charge is 0.480 e. The van der Waals surface area contributed by atoms with E-state index in [0.717, 1.165) is 5.39 Å². The van der Waals surface area contributed by atoms with E-state index in [1.54, 1.807) is 58.0 Å². The highest BCUT2D eigenvalue weighted by Gasteiger charge is 2.19. The lowest BCUT2D eigenvalue weighted by Crippen LogP contribution is -2.25. The van der Waals surface area contributed by atoms with Gasteiger partial charge in [-0.15, -0.1) is 12.4 Å². The maximum atomic E-state index is 12.1. The normalized spacial score (nSPS) is 11.7. The number of esters is 2. The lowest BCUT2D eigenvalue weighted by atomic mass is 10.1. The second-order valence-electron chi connectivity index (χ2n) is 7.22. The molecule has 0 spiro atoms. The summed E-state index contributed by atoms with van der Waals surface area (Å²) in [5.74, 6) is -2.24. The number of carboxylic acid groups (broad SMARTS) is 1. The quantitative estimate of drug-likeness (QED) is 0.506. The highest BCUT2D eigenvalue weighted by atomic mass is 35.5. The summed E-state index contributed by atoms with van der Waals surface area (Å²) in [6, 6.07) is 7.72. The molecule has 0 radical (unpaired) electrons. The van der Waals surface area contributed by atoms with Crippen molar-refractivity contribution in [2.24, 2.45) is 11.8 Å². The van der Waals surface area contributed by atoms with Crippen LogP contribution in [0.3, 0.4) is 0 Å². The first-order chi connectivity index (χ1) is 13.1. The summed E-state index contributed by atoms with van der Waals surface area (Å²) in [4.78, 5) is 35.1. The van der Waals surface area contributed by atoms with Crippen LogP contribution in [-0.2, 0) is 14.4 Å². The van der Waals surface area contributed by atoms with Crippen LogP contribution in [0.4, 0.5) is 5.69 Å². The molecular weight excluding hydrogens is 398 g/mol. The summed E-state index contributed by atoms with van der Waals surface area (Å²) in [7, 11) is 0. The van der Waals surface area contributed by atoms with Crippen molar-refractivity contribution >= 4 is 46.8 Å². The number of carbonyl (C=O) groups is 3. The van der Waals surface area contributed by atoms with Crippen LogP contribution in [0.5, 0.6) is 11.5 Å². The zero-order valence-corrected chi connectivity index (χ0v) is 17.8. The number of fused-ring (bicyclic) bond motifs is 1. The maximum absolute atomic E-state index is 12.1. The standard InChI is InChI=1S/C21H25NO6.ClH/c1-11(2)20(25)27-17-9-14-6-7-16(22-13(5)19(23)24)8-15(14)10-18(17)28-21(26)12(3)4;/h6-13,22H,1-5H3,(H,23,24);1H/t13-;/m0./s1. The Hall–Kier alpha value is -2.80. The first kappa shape index (κ1) is 24.2. The van der Waals surface area contributed by atoms with Gasteiger partial charge < -0.3 is 19.9 Å². The molecule has 1 atom stereocenters. The molecule has 2 N–H and O–H groups in total. The number of halogens is 1. The highest BCUT2D eigenvalue weighted by molar-refractivity contribution is 5.91. The second-order valence-corrected chi connectivity index (χ2v) is 7.22. The third kappa shape index (κ3) is 6.35. The number of anilines is 1. The minimum absolute atomic E-state index is 0. The average Bonchev–Trinajstić information content (AvgIpc) is 2.61. The lowest BCUT2D eigenvalue weighted by molar-refractivity contribution is -0.140. The molecule has 7 nitrogen and oxygen atoms in total. The molecule has 0 saturated carbocycles. The SMILES string of the molecule is CC(C)C(=O)Oc1cc2ccc(N[C@@H](C)C(=O)O)cc2cc1OC(=O)C(C)C.Cl. The van der Waals surface area contributed by atoms with Crippen molar-refractivity contribution in [3.05, 3.63) is 30.3 Å². The molecule has 29 heavy (non-hydrogen) atoms. The first-order valence-electron chi connectivity index (χ1n) is 9.09. The number of ether oxygens (including phenoxy) is 2. The fraction of sp³-hybridized carbons (Fsp3) is 0.381. The van der Waals surface area contributed by atoms with Crippen LogP contribution < -0.4 is 14.8 Å². The van der Waals surface area contributed by atoms with E-state index < -0.39 is 23.9 Å². The van der Waals surface area contributed by atoms with Crippen LogP contribution >= 0.6 is 12.4 Å². The van der Waals surface area contributed by atoms with Crippen molar-refractivity contribution in [1.82, 2.24) is 0 Å². The van der Waals surface area contributed by atoms with Crippen molar-refractivity contribution < 1.29 is 29.0 Å². The van der Waals surface area contributed by atoms with E-state index in [9.17, 15) is 14.4 Å². The smallest absolute Gasteiger partial charge is 0.325 e. The van der Waals surface area contributed by atoms with Crippen molar-refractivity contribution in [2.45, 2.75) is 40.7 Å². The number of rotatable bonds is 7. The van der Waals surface area contributed by atoms with Crippen LogP contribution in [0.2, 0.25) is 0 Å². The van der Waals surface area contributed by atoms with Gasteiger partial charge in [0.2, 0.25) is 0 Å². The van der Waals surface area contributed by atoms with E-state index in [-0.39, 0.29) is 35.7 Å². The topological polar surface area (TPSA) is 102 Å². The minimum Gasteiger partial charge on any atom is -0.480 e. The number of aliphatic carboxylic acids is 1. The van der Waals surface area contributed by atoms with Crippen molar-refractivity contribution in [3.8, 4) is 11.5 Å². The van der Waals surface area contributed by atoms with Crippen molar-refractivity contribution in [1.29, 1.82) is 0 Å². The van der Waals surface area contributed by atoms with Gasteiger partial charge >= 0.3 is 17.9 Å². The van der Waals surface area contributed by atoms with Gasteiger partial charge in [0.15, 0.2) is 11.5 Å². The lowest BCUT2D eigenvalue weighted by Gasteiger charge is -2.15. The van der Waals surface area contributed by atoms with Crippen LogP contribution in [0.15, 0.2) is 30.3 Å². The third-order valence-corrected chi connectivity index (χ3v) is 4.02. The predicted octanol–water partition coefficient (Wildman–Crippen LogP) is 4.27. The van der Waals surface area contributed by atoms with E-state index in [4.69, 9.17) is 14.6 Å². The van der Waals surface area contributed by atoms with Crippen molar-refractivity contribution in [2.75, 3.05) is 5.32 Å². The van der Waals surface area contributed by atoms with Gasteiger partial charge in [0.1, 0.15) is 6.04 Å². The Kier molecular flexibility index (Phi) is 8.45. The molecule has 0 aliphatic carbocycles. The molecule has 2 aromatic rings. The van der Waals surface area contributed by atoms with Gasteiger partial charge in [-0.05, 0) is 42.0 Å². The predicted molar refractivity (Wildman–Crippen MR) is 113 cm³/mol. The molecule has 2 aromatic carbocycles. The Bertz CT molecular complexity index is 909. The highest BCUT2D eigenvalue weighted by Crippen LogP contribution is 2.35. The molecule has 0 amide bonds. The van der Waals surface area contributed by atoms with Crippen LogP contribution in [0, 0.1) is 11.8 Å². The van der Waals surface area contributed by atoms with E-state index >= 15 is 0 Å². The summed E-state index contributed by atoms with van der Waals surface area (Å²) in [6.07, 6.45) is 0. The Labute approximate surface area is 175 Å². The monoisotopic (exact) mass is 423 g/mol. The molecule has 2 rings (SSSR count).